The zero-order valence-corrected chi connectivity index (χ0v) is 11.7. The Morgan fingerprint density at radius 3 is 2.50 bits per heavy atom. The van der Waals surface area contributed by atoms with E-state index in [9.17, 15) is 0 Å². The van der Waals surface area contributed by atoms with Gasteiger partial charge in [0.05, 0.1) is 15.1 Å². The lowest BCUT2D eigenvalue weighted by Crippen LogP contribution is -2.19. The molecule has 0 N–H and O–H groups in total. The number of rotatable bonds is 5. The average molecular weight is 236 g/mol. The fraction of sp³-hybridized carbons (Fsp3) is 0.385. The van der Waals surface area contributed by atoms with E-state index in [1.165, 1.54) is 5.19 Å². The molecule has 1 aromatic rings. The molecule has 0 bridgehead atoms. The van der Waals surface area contributed by atoms with Crippen LogP contribution < -0.4 is 5.19 Å². The summed E-state index contributed by atoms with van der Waals surface area (Å²) in [6.07, 6.45) is 2.03. The van der Waals surface area contributed by atoms with Crippen LogP contribution in [0.5, 0.6) is 0 Å². The van der Waals surface area contributed by atoms with Crippen molar-refractivity contribution >= 4 is 14.7 Å². The van der Waals surface area contributed by atoms with Crippen molar-refractivity contribution < 1.29 is 9.78 Å². The molecule has 0 aliphatic rings. The zero-order chi connectivity index (χ0) is 11.9. The molecule has 1 rings (SSSR count). The van der Waals surface area contributed by atoms with Crippen LogP contribution in [-0.4, -0.2) is 21.7 Å². The molecule has 0 atom stereocenters. The third-order valence-electron chi connectivity index (χ3n) is 1.84. The average Bonchev–Trinajstić information content (AvgIpc) is 2.23. The minimum atomic E-state index is -0.290. The lowest BCUT2D eigenvalue weighted by Gasteiger charge is -2.16. The van der Waals surface area contributed by atoms with Crippen molar-refractivity contribution in [1.29, 1.82) is 0 Å². The Labute approximate surface area is 100 Å². The minimum Gasteiger partial charge on any atom is -0.232 e. The molecule has 0 aromatic heterocycles. The molecular weight excluding hydrogens is 216 g/mol. The Morgan fingerprint density at radius 1 is 1.19 bits per heavy atom. The Kier molecular flexibility index (Phi) is 5.45. The maximum Gasteiger partial charge on any atom is 0.100 e. The van der Waals surface area contributed by atoms with Crippen molar-refractivity contribution in [3.05, 3.63) is 42.1 Å². The molecule has 1 aromatic carbocycles. The van der Waals surface area contributed by atoms with E-state index in [0.717, 1.165) is 0 Å². The highest BCUT2D eigenvalue weighted by Crippen LogP contribution is 2.06. The van der Waals surface area contributed by atoms with E-state index in [1.54, 1.807) is 0 Å². The first-order valence-electron chi connectivity index (χ1n) is 5.57. The summed E-state index contributed by atoms with van der Waals surface area (Å²) < 4.78 is 0. The van der Waals surface area contributed by atoms with Gasteiger partial charge in [0, 0.05) is 0 Å². The number of hydrogen-bond donors (Lipinski definition) is 0. The van der Waals surface area contributed by atoms with Gasteiger partial charge in [-0.2, -0.15) is 0 Å². The van der Waals surface area contributed by atoms with Crippen LogP contribution in [0.2, 0.25) is 0 Å². The SMILES string of the molecule is CC(C)(C)OOCC=C[SiH2]c1ccccc1. The lowest BCUT2D eigenvalue weighted by molar-refractivity contribution is -0.341. The minimum absolute atomic E-state index is 0.231. The van der Waals surface area contributed by atoms with Gasteiger partial charge < -0.3 is 0 Å². The summed E-state index contributed by atoms with van der Waals surface area (Å²) in [6.45, 7) is 6.43. The quantitative estimate of drug-likeness (QED) is 0.335. The van der Waals surface area contributed by atoms with Crippen LogP contribution in [0.4, 0.5) is 0 Å². The van der Waals surface area contributed by atoms with Crippen LogP contribution in [0.25, 0.3) is 0 Å². The van der Waals surface area contributed by atoms with Gasteiger partial charge >= 0.3 is 0 Å². The highest BCUT2D eigenvalue weighted by Gasteiger charge is 2.10. The van der Waals surface area contributed by atoms with Crippen molar-refractivity contribution in [2.24, 2.45) is 0 Å². The molecule has 0 amide bonds. The van der Waals surface area contributed by atoms with Crippen molar-refractivity contribution in [1.82, 2.24) is 0 Å². The Balaban J connectivity index is 2.14. The molecule has 0 aliphatic carbocycles. The van der Waals surface area contributed by atoms with Gasteiger partial charge in [-0.05, 0) is 20.8 Å². The van der Waals surface area contributed by atoms with E-state index in [2.05, 4.69) is 30.0 Å². The summed E-state index contributed by atoms with van der Waals surface area (Å²) in [4.78, 5) is 10.2. The molecule has 0 fully saturated rings. The topological polar surface area (TPSA) is 18.5 Å². The summed E-state index contributed by atoms with van der Waals surface area (Å²) in [5.41, 5.74) is 1.99. The second-order valence-corrected chi connectivity index (χ2v) is 6.34. The zero-order valence-electron chi connectivity index (χ0n) is 10.3. The first kappa shape index (κ1) is 13.2. The summed E-state index contributed by atoms with van der Waals surface area (Å²) in [5.74, 6) is 0. The van der Waals surface area contributed by atoms with E-state index < -0.39 is 0 Å². The molecule has 0 saturated heterocycles. The van der Waals surface area contributed by atoms with Gasteiger partial charge in [0.1, 0.15) is 6.61 Å². The van der Waals surface area contributed by atoms with E-state index in [-0.39, 0.29) is 15.1 Å². The highest BCUT2D eigenvalue weighted by molar-refractivity contribution is 6.58. The van der Waals surface area contributed by atoms with Crippen LogP contribution in [0.1, 0.15) is 20.8 Å². The van der Waals surface area contributed by atoms with Crippen LogP contribution in [0.3, 0.4) is 0 Å². The molecular formula is C13H20O2Si. The van der Waals surface area contributed by atoms with Crippen molar-refractivity contribution in [2.75, 3.05) is 6.61 Å². The standard InChI is InChI=1S/C13H20O2Si/c1-13(2,3)15-14-10-7-11-16-12-8-5-4-6-9-12/h4-9,11H,10,16H2,1-3H3. The van der Waals surface area contributed by atoms with Crippen molar-refractivity contribution in [3.63, 3.8) is 0 Å². The van der Waals surface area contributed by atoms with E-state index in [4.69, 9.17) is 9.78 Å². The molecule has 0 heterocycles. The normalized spacial score (nSPS) is 12.9. The molecule has 16 heavy (non-hydrogen) atoms. The number of benzene rings is 1. The van der Waals surface area contributed by atoms with Crippen LogP contribution >= 0.6 is 0 Å². The monoisotopic (exact) mass is 236 g/mol. The number of hydrogen-bond acceptors (Lipinski definition) is 2. The Morgan fingerprint density at radius 2 is 1.88 bits per heavy atom. The molecule has 0 aliphatic heterocycles. The first-order valence-corrected chi connectivity index (χ1v) is 7.10. The molecule has 0 unspecified atom stereocenters. The molecule has 88 valence electrons. The van der Waals surface area contributed by atoms with Crippen LogP contribution in [-0.2, 0) is 9.78 Å². The van der Waals surface area contributed by atoms with Crippen molar-refractivity contribution in [2.45, 2.75) is 26.4 Å². The molecule has 0 spiro atoms. The van der Waals surface area contributed by atoms with E-state index >= 15 is 0 Å². The maximum absolute atomic E-state index is 5.15. The van der Waals surface area contributed by atoms with E-state index in [0.29, 0.717) is 6.61 Å². The smallest absolute Gasteiger partial charge is 0.100 e. The van der Waals surface area contributed by atoms with Crippen molar-refractivity contribution in [3.8, 4) is 0 Å². The Bertz CT molecular complexity index is 314. The summed E-state index contributed by atoms with van der Waals surface area (Å²) in [7, 11) is -0.290. The maximum atomic E-state index is 5.15. The van der Waals surface area contributed by atoms with Gasteiger partial charge in [-0.1, -0.05) is 47.3 Å². The second-order valence-electron chi connectivity index (χ2n) is 4.64. The van der Waals surface area contributed by atoms with Gasteiger partial charge in [0.15, 0.2) is 0 Å². The molecule has 0 radical (unpaired) electrons. The van der Waals surface area contributed by atoms with Gasteiger partial charge in [-0.25, -0.2) is 9.78 Å². The van der Waals surface area contributed by atoms with Crippen LogP contribution in [0.15, 0.2) is 42.1 Å². The predicted octanol–water partition coefficient (Wildman–Crippen LogP) is 1.74. The first-order chi connectivity index (χ1) is 7.58. The largest absolute Gasteiger partial charge is 0.232 e. The predicted molar refractivity (Wildman–Crippen MR) is 70.6 cm³/mol. The third-order valence-corrected chi connectivity index (χ3v) is 3.35. The molecule has 3 heteroatoms. The summed E-state index contributed by atoms with van der Waals surface area (Å²) in [5, 5.41) is 1.44. The van der Waals surface area contributed by atoms with Gasteiger partial charge in [-0.15, -0.1) is 0 Å². The molecule has 2 nitrogen and oxygen atoms in total. The lowest BCUT2D eigenvalue weighted by atomic mass is 10.2. The fourth-order valence-electron chi connectivity index (χ4n) is 1.15. The second kappa shape index (κ2) is 6.63. The highest BCUT2D eigenvalue weighted by atomic mass is 28.2. The summed E-state index contributed by atoms with van der Waals surface area (Å²) in [6, 6.07) is 10.5. The van der Waals surface area contributed by atoms with Gasteiger partial charge in [0.25, 0.3) is 0 Å². The van der Waals surface area contributed by atoms with E-state index in [1.807, 2.05) is 32.9 Å². The fourth-order valence-corrected chi connectivity index (χ4v) is 2.27. The Hall–Kier alpha value is -0.903. The molecule has 0 saturated carbocycles. The summed E-state index contributed by atoms with van der Waals surface area (Å²) >= 11 is 0. The van der Waals surface area contributed by atoms with Gasteiger partial charge in [-0.3, -0.25) is 0 Å². The third kappa shape index (κ3) is 6.56. The van der Waals surface area contributed by atoms with Crippen LogP contribution in [0, 0.1) is 0 Å². The van der Waals surface area contributed by atoms with Gasteiger partial charge in [0.2, 0.25) is 0 Å².